The summed E-state index contributed by atoms with van der Waals surface area (Å²) in [5.74, 6) is 0.664. The van der Waals surface area contributed by atoms with Gasteiger partial charge in [-0.3, -0.25) is 4.79 Å². The average Bonchev–Trinajstić information content (AvgIpc) is 2.92. The number of nitrogens with zero attached hydrogens (tertiary/aromatic N) is 1. The quantitative estimate of drug-likeness (QED) is 0.806. The molecule has 0 aromatic heterocycles. The molecule has 2 aromatic carbocycles. The van der Waals surface area contributed by atoms with Crippen molar-refractivity contribution in [1.82, 2.24) is 4.90 Å². The van der Waals surface area contributed by atoms with Crippen molar-refractivity contribution in [2.45, 2.75) is 32.0 Å². The van der Waals surface area contributed by atoms with Gasteiger partial charge in [-0.2, -0.15) is 0 Å². The summed E-state index contributed by atoms with van der Waals surface area (Å²) >= 11 is 0. The molecule has 0 N–H and O–H groups in total. The Morgan fingerprint density at radius 1 is 1.18 bits per heavy atom. The average molecular weight is 295 g/mol. The first kappa shape index (κ1) is 13.8. The molecular weight excluding hydrogens is 274 g/mol. The fourth-order valence-electron chi connectivity index (χ4n) is 3.96. The summed E-state index contributed by atoms with van der Waals surface area (Å²) in [6.07, 6.45) is 2.73. The number of carbonyl (C=O) groups is 1. The van der Waals surface area contributed by atoms with Crippen LogP contribution in [0, 0.1) is 5.92 Å². The van der Waals surface area contributed by atoms with Gasteiger partial charge in [-0.25, -0.2) is 0 Å². The van der Waals surface area contributed by atoms with Gasteiger partial charge in [0, 0.05) is 24.6 Å². The highest BCUT2D eigenvalue weighted by Gasteiger charge is 2.38. The Kier molecular flexibility index (Phi) is 3.38. The lowest BCUT2D eigenvalue weighted by atomic mass is 9.92. The van der Waals surface area contributed by atoms with Crippen molar-refractivity contribution in [1.29, 1.82) is 0 Å². The van der Waals surface area contributed by atoms with Crippen molar-refractivity contribution in [2.24, 2.45) is 5.92 Å². The third kappa shape index (κ3) is 2.30. The predicted octanol–water partition coefficient (Wildman–Crippen LogP) is 3.48. The van der Waals surface area contributed by atoms with Gasteiger partial charge in [0.25, 0.3) is 5.91 Å². The maximum Gasteiger partial charge on any atom is 0.254 e. The van der Waals surface area contributed by atoms with Crippen molar-refractivity contribution in [3.63, 3.8) is 0 Å². The Labute approximate surface area is 130 Å². The third-order valence-electron chi connectivity index (χ3n) is 5.01. The van der Waals surface area contributed by atoms with Crippen molar-refractivity contribution < 1.29 is 9.53 Å². The van der Waals surface area contributed by atoms with Crippen LogP contribution in [0.4, 0.5) is 0 Å². The summed E-state index contributed by atoms with van der Waals surface area (Å²) in [6, 6.07) is 14.1. The molecule has 22 heavy (non-hydrogen) atoms. The van der Waals surface area contributed by atoms with Gasteiger partial charge in [-0.15, -0.1) is 0 Å². The topological polar surface area (TPSA) is 29.5 Å². The number of rotatable bonds is 1. The summed E-state index contributed by atoms with van der Waals surface area (Å²) in [4.78, 5) is 15.0. The van der Waals surface area contributed by atoms with Gasteiger partial charge in [-0.1, -0.05) is 36.4 Å². The molecular formula is C19H21NO2. The van der Waals surface area contributed by atoms with E-state index >= 15 is 0 Å². The lowest BCUT2D eigenvalue weighted by Gasteiger charge is -2.34. The molecule has 0 unspecified atom stereocenters. The van der Waals surface area contributed by atoms with E-state index in [0.717, 1.165) is 42.3 Å². The van der Waals surface area contributed by atoms with E-state index < -0.39 is 0 Å². The zero-order valence-electron chi connectivity index (χ0n) is 12.9. The van der Waals surface area contributed by atoms with Crippen molar-refractivity contribution in [3.8, 4) is 0 Å². The van der Waals surface area contributed by atoms with Gasteiger partial charge in [0.1, 0.15) is 0 Å². The molecule has 4 rings (SSSR count). The van der Waals surface area contributed by atoms with Crippen LogP contribution < -0.4 is 0 Å². The standard InChI is InChI=1S/C19H21NO2/c1-13-11-15-12-20(10-9-18(15)22-13)19(21)17-8-4-6-14-5-2-3-7-16(14)17/h2-8,13,15,18H,9-12H2,1H3/t13-,15-,18-/m1/s1. The van der Waals surface area contributed by atoms with Crippen LogP contribution in [-0.2, 0) is 4.74 Å². The number of piperidine rings is 1. The monoisotopic (exact) mass is 295 g/mol. The predicted molar refractivity (Wildman–Crippen MR) is 86.9 cm³/mol. The first-order valence-electron chi connectivity index (χ1n) is 8.15. The van der Waals surface area contributed by atoms with E-state index in [1.807, 2.05) is 35.2 Å². The van der Waals surface area contributed by atoms with Crippen molar-refractivity contribution in [2.75, 3.05) is 13.1 Å². The van der Waals surface area contributed by atoms with Crippen LogP contribution in [0.25, 0.3) is 10.8 Å². The van der Waals surface area contributed by atoms with Crippen LogP contribution in [0.15, 0.2) is 42.5 Å². The number of amides is 1. The molecule has 2 heterocycles. The Balaban J connectivity index is 1.61. The van der Waals surface area contributed by atoms with E-state index in [-0.39, 0.29) is 5.91 Å². The highest BCUT2D eigenvalue weighted by atomic mass is 16.5. The number of benzene rings is 2. The van der Waals surface area contributed by atoms with E-state index in [4.69, 9.17) is 4.74 Å². The van der Waals surface area contributed by atoms with Crippen molar-refractivity contribution in [3.05, 3.63) is 48.0 Å². The third-order valence-corrected chi connectivity index (χ3v) is 5.01. The molecule has 114 valence electrons. The molecule has 0 spiro atoms. The smallest absolute Gasteiger partial charge is 0.254 e. The van der Waals surface area contributed by atoms with E-state index in [9.17, 15) is 4.79 Å². The van der Waals surface area contributed by atoms with Crippen LogP contribution in [0.2, 0.25) is 0 Å². The van der Waals surface area contributed by atoms with Gasteiger partial charge >= 0.3 is 0 Å². The van der Waals surface area contributed by atoms with E-state index in [0.29, 0.717) is 18.1 Å². The van der Waals surface area contributed by atoms with Gasteiger partial charge in [0.15, 0.2) is 0 Å². The Hall–Kier alpha value is -1.87. The van der Waals surface area contributed by atoms with Gasteiger partial charge < -0.3 is 9.64 Å². The minimum Gasteiger partial charge on any atom is -0.375 e. The van der Waals surface area contributed by atoms with E-state index in [1.165, 1.54) is 0 Å². The summed E-state index contributed by atoms with van der Waals surface area (Å²) in [6.45, 7) is 3.77. The van der Waals surface area contributed by atoms with Gasteiger partial charge in [-0.05, 0) is 36.6 Å². The first-order valence-corrected chi connectivity index (χ1v) is 8.15. The van der Waals surface area contributed by atoms with E-state index in [1.54, 1.807) is 0 Å². The molecule has 2 aromatic rings. The lowest BCUT2D eigenvalue weighted by molar-refractivity contribution is 0.00870. The molecule has 2 fully saturated rings. The Bertz CT molecular complexity index is 706. The number of hydrogen-bond donors (Lipinski definition) is 0. The summed E-state index contributed by atoms with van der Waals surface area (Å²) in [5.41, 5.74) is 0.823. The molecule has 0 aliphatic carbocycles. The minimum absolute atomic E-state index is 0.162. The summed E-state index contributed by atoms with van der Waals surface area (Å²) in [7, 11) is 0. The Morgan fingerprint density at radius 3 is 2.91 bits per heavy atom. The second kappa shape index (κ2) is 5.40. The van der Waals surface area contributed by atoms with Crippen LogP contribution in [0.1, 0.15) is 30.1 Å². The van der Waals surface area contributed by atoms with Gasteiger partial charge in [0.05, 0.1) is 12.2 Å². The molecule has 2 aliphatic rings. The number of hydrogen-bond acceptors (Lipinski definition) is 2. The van der Waals surface area contributed by atoms with E-state index in [2.05, 4.69) is 19.1 Å². The molecule has 3 nitrogen and oxygen atoms in total. The molecule has 0 saturated carbocycles. The summed E-state index contributed by atoms with van der Waals surface area (Å²) in [5, 5.41) is 2.18. The van der Waals surface area contributed by atoms with Crippen LogP contribution in [0.5, 0.6) is 0 Å². The number of fused-ring (bicyclic) bond motifs is 2. The fraction of sp³-hybridized carbons (Fsp3) is 0.421. The largest absolute Gasteiger partial charge is 0.375 e. The first-order chi connectivity index (χ1) is 10.7. The zero-order chi connectivity index (χ0) is 15.1. The SMILES string of the molecule is C[C@@H]1C[C@@H]2CN(C(=O)c3cccc4ccccc34)CC[C@H]2O1. The van der Waals surface area contributed by atoms with Gasteiger partial charge in [0.2, 0.25) is 0 Å². The normalized spacial score (nSPS) is 27.9. The lowest BCUT2D eigenvalue weighted by Crippen LogP contribution is -2.44. The highest BCUT2D eigenvalue weighted by molar-refractivity contribution is 6.07. The zero-order valence-corrected chi connectivity index (χ0v) is 12.9. The molecule has 0 radical (unpaired) electrons. The van der Waals surface area contributed by atoms with Crippen molar-refractivity contribution >= 4 is 16.7 Å². The number of ether oxygens (including phenoxy) is 1. The number of likely N-dealkylation sites (tertiary alicyclic amines) is 1. The Morgan fingerprint density at radius 2 is 2.00 bits per heavy atom. The van der Waals surface area contributed by atoms with Crippen LogP contribution >= 0.6 is 0 Å². The molecule has 2 aliphatic heterocycles. The minimum atomic E-state index is 0.162. The molecule has 0 bridgehead atoms. The number of carbonyl (C=O) groups excluding carboxylic acids is 1. The maximum atomic E-state index is 13.0. The second-order valence-electron chi connectivity index (χ2n) is 6.55. The highest BCUT2D eigenvalue weighted by Crippen LogP contribution is 2.33. The van der Waals surface area contributed by atoms with Crippen LogP contribution in [0.3, 0.4) is 0 Å². The molecule has 3 atom stereocenters. The van der Waals surface area contributed by atoms with Crippen LogP contribution in [-0.4, -0.2) is 36.1 Å². The molecule has 3 heteroatoms. The maximum absolute atomic E-state index is 13.0. The fourth-order valence-corrected chi connectivity index (χ4v) is 3.96. The summed E-state index contributed by atoms with van der Waals surface area (Å²) < 4.78 is 5.93. The molecule has 1 amide bonds. The molecule has 2 saturated heterocycles. The second-order valence-corrected chi connectivity index (χ2v) is 6.55.